The number of ether oxygens (including phenoxy) is 1. The zero-order valence-corrected chi connectivity index (χ0v) is 21.8. The molecule has 10 heteroatoms. The van der Waals surface area contributed by atoms with Gasteiger partial charge in [0.15, 0.2) is 5.69 Å². The minimum absolute atomic E-state index is 0.0556. The normalized spacial score (nSPS) is 22.9. The van der Waals surface area contributed by atoms with Crippen LogP contribution in [0.4, 0.5) is 4.79 Å². The van der Waals surface area contributed by atoms with E-state index >= 15 is 0 Å². The van der Waals surface area contributed by atoms with E-state index in [0.717, 1.165) is 10.9 Å². The minimum atomic E-state index is -1.09. The summed E-state index contributed by atoms with van der Waals surface area (Å²) in [6.45, 7) is 11.9. The summed E-state index contributed by atoms with van der Waals surface area (Å²) in [6.07, 6.45) is -0.695. The zero-order chi connectivity index (χ0) is 26.3. The molecule has 3 amide bonds. The summed E-state index contributed by atoms with van der Waals surface area (Å²) < 4.78 is 7.19. The topological polar surface area (TPSA) is 117 Å². The quantitative estimate of drug-likeness (QED) is 0.653. The van der Waals surface area contributed by atoms with Crippen LogP contribution in [0, 0.1) is 5.41 Å². The van der Waals surface area contributed by atoms with E-state index in [4.69, 9.17) is 4.74 Å². The SMILES string of the molecule is CC(C)n1nc(C(=O)N[C@@H]2CN(C(=O)O)[C@@](CC(=O)N3CCOCC3)(C(C)(C)C)C2)c2ccccc21. The van der Waals surface area contributed by atoms with Crippen LogP contribution in [0.3, 0.4) is 0 Å². The molecule has 0 bridgehead atoms. The van der Waals surface area contributed by atoms with Crippen molar-refractivity contribution in [2.45, 2.75) is 65.1 Å². The molecule has 2 aromatic rings. The summed E-state index contributed by atoms with van der Waals surface area (Å²) in [4.78, 5) is 42.2. The van der Waals surface area contributed by atoms with Crippen LogP contribution >= 0.6 is 0 Å². The third kappa shape index (κ3) is 4.66. The number of likely N-dealkylation sites (tertiary alicyclic amines) is 1. The van der Waals surface area contributed by atoms with E-state index in [1.165, 1.54) is 4.90 Å². The molecule has 10 nitrogen and oxygen atoms in total. The van der Waals surface area contributed by atoms with Crippen LogP contribution in [-0.2, 0) is 9.53 Å². The highest BCUT2D eigenvalue weighted by Gasteiger charge is 2.56. The number of benzene rings is 1. The highest BCUT2D eigenvalue weighted by atomic mass is 16.5. The number of fused-ring (bicyclic) bond motifs is 1. The summed E-state index contributed by atoms with van der Waals surface area (Å²) in [7, 11) is 0. The van der Waals surface area contributed by atoms with Crippen molar-refractivity contribution in [2.75, 3.05) is 32.8 Å². The largest absolute Gasteiger partial charge is 0.465 e. The van der Waals surface area contributed by atoms with Gasteiger partial charge in [0.1, 0.15) is 0 Å². The predicted octanol–water partition coefficient (Wildman–Crippen LogP) is 3.13. The van der Waals surface area contributed by atoms with E-state index in [9.17, 15) is 19.5 Å². The van der Waals surface area contributed by atoms with Gasteiger partial charge in [-0.25, -0.2) is 4.79 Å². The Morgan fingerprint density at radius 2 is 1.86 bits per heavy atom. The first-order chi connectivity index (χ1) is 16.9. The average molecular weight is 500 g/mol. The Morgan fingerprint density at radius 3 is 2.47 bits per heavy atom. The van der Waals surface area contributed by atoms with E-state index in [1.54, 1.807) is 4.90 Å². The van der Waals surface area contributed by atoms with Crippen molar-refractivity contribution < 1.29 is 24.2 Å². The molecule has 0 saturated carbocycles. The molecule has 2 N–H and O–H groups in total. The van der Waals surface area contributed by atoms with Crippen LogP contribution in [0.2, 0.25) is 0 Å². The third-order valence-electron chi connectivity index (χ3n) is 7.59. The lowest BCUT2D eigenvalue weighted by molar-refractivity contribution is -0.139. The monoisotopic (exact) mass is 499 g/mol. The van der Waals surface area contributed by atoms with Crippen molar-refractivity contribution >= 4 is 28.8 Å². The molecule has 196 valence electrons. The molecule has 4 rings (SSSR count). The second-order valence-corrected chi connectivity index (χ2v) is 11.1. The molecule has 0 radical (unpaired) electrons. The maximum Gasteiger partial charge on any atom is 0.407 e. The van der Waals surface area contributed by atoms with E-state index in [0.29, 0.717) is 38.4 Å². The van der Waals surface area contributed by atoms with Crippen LogP contribution in [-0.4, -0.2) is 87.0 Å². The summed E-state index contributed by atoms with van der Waals surface area (Å²) in [6, 6.07) is 7.21. The van der Waals surface area contributed by atoms with E-state index in [2.05, 4.69) is 10.4 Å². The fraction of sp³-hybridized carbons (Fsp3) is 0.615. The van der Waals surface area contributed by atoms with Crippen molar-refractivity contribution in [1.82, 2.24) is 24.9 Å². The smallest absolute Gasteiger partial charge is 0.407 e. The van der Waals surface area contributed by atoms with Crippen LogP contribution in [0.5, 0.6) is 0 Å². The van der Waals surface area contributed by atoms with Gasteiger partial charge < -0.3 is 20.1 Å². The van der Waals surface area contributed by atoms with E-state index in [1.807, 2.05) is 63.6 Å². The highest BCUT2D eigenvalue weighted by molar-refractivity contribution is 6.05. The van der Waals surface area contributed by atoms with Crippen LogP contribution < -0.4 is 5.32 Å². The fourth-order valence-corrected chi connectivity index (χ4v) is 5.56. The van der Waals surface area contributed by atoms with Crippen molar-refractivity contribution in [2.24, 2.45) is 5.41 Å². The molecule has 1 aromatic heterocycles. The lowest BCUT2D eigenvalue weighted by Gasteiger charge is -2.47. The number of nitrogens with zero attached hydrogens (tertiary/aromatic N) is 4. The lowest BCUT2D eigenvalue weighted by Crippen LogP contribution is -2.58. The van der Waals surface area contributed by atoms with Gasteiger partial charge in [-0.1, -0.05) is 39.0 Å². The van der Waals surface area contributed by atoms with Crippen LogP contribution in [0.1, 0.15) is 64.0 Å². The molecule has 2 aliphatic heterocycles. The number of para-hydroxylation sites is 1. The first-order valence-electron chi connectivity index (χ1n) is 12.6. The first kappa shape index (κ1) is 25.9. The number of morpholine rings is 1. The molecule has 2 saturated heterocycles. The van der Waals surface area contributed by atoms with E-state index in [-0.39, 0.29) is 30.8 Å². The number of carbonyl (C=O) groups excluding carboxylic acids is 2. The number of aromatic nitrogens is 2. The van der Waals surface area contributed by atoms with Gasteiger partial charge in [-0.3, -0.25) is 19.2 Å². The molecule has 2 fully saturated rings. The molecule has 36 heavy (non-hydrogen) atoms. The number of carbonyl (C=O) groups is 3. The molecule has 2 atom stereocenters. The highest BCUT2D eigenvalue weighted by Crippen LogP contribution is 2.46. The number of rotatable bonds is 5. The second-order valence-electron chi connectivity index (χ2n) is 11.1. The lowest BCUT2D eigenvalue weighted by atomic mass is 9.69. The number of hydrogen-bond acceptors (Lipinski definition) is 5. The summed E-state index contributed by atoms with van der Waals surface area (Å²) in [5, 5.41) is 18.5. The molecular formula is C26H37N5O5. The third-order valence-corrected chi connectivity index (χ3v) is 7.59. The standard InChI is InChI=1S/C26H37N5O5/c1-17(2)31-20-9-7-6-8-19(20)22(28-31)23(33)27-18-14-26(25(3,4)5,30(16-18)24(34)35)15-21(32)29-10-12-36-13-11-29/h6-9,17-18H,10-16H2,1-5H3,(H,27,33)(H,34,35)/t18-,26-/m0/s1. The number of carboxylic acid groups (broad SMARTS) is 1. The van der Waals surface area contributed by atoms with Gasteiger partial charge in [-0.15, -0.1) is 0 Å². The molecule has 1 aromatic carbocycles. The summed E-state index contributed by atoms with van der Waals surface area (Å²) in [5.74, 6) is -0.432. The molecule has 2 aliphatic rings. The number of amides is 3. The minimum Gasteiger partial charge on any atom is -0.465 e. The Labute approximate surface area is 211 Å². The fourth-order valence-electron chi connectivity index (χ4n) is 5.56. The number of hydrogen-bond donors (Lipinski definition) is 2. The van der Waals surface area contributed by atoms with Gasteiger partial charge in [-0.2, -0.15) is 5.10 Å². The maximum atomic E-state index is 13.4. The Kier molecular flexibility index (Phi) is 7.01. The van der Waals surface area contributed by atoms with Gasteiger partial charge in [0.2, 0.25) is 5.91 Å². The van der Waals surface area contributed by atoms with Crippen LogP contribution in [0.25, 0.3) is 10.9 Å². The van der Waals surface area contributed by atoms with Gasteiger partial charge in [0.25, 0.3) is 5.91 Å². The molecule has 0 aliphatic carbocycles. The van der Waals surface area contributed by atoms with Gasteiger partial charge in [-0.05, 0) is 31.7 Å². The first-order valence-corrected chi connectivity index (χ1v) is 12.6. The van der Waals surface area contributed by atoms with Crippen LogP contribution in [0.15, 0.2) is 24.3 Å². The molecular weight excluding hydrogens is 462 g/mol. The Bertz CT molecular complexity index is 1150. The summed E-state index contributed by atoms with van der Waals surface area (Å²) >= 11 is 0. The Balaban J connectivity index is 1.61. The van der Waals surface area contributed by atoms with Crippen molar-refractivity contribution in [1.29, 1.82) is 0 Å². The average Bonchev–Trinajstić information content (AvgIpc) is 3.39. The van der Waals surface area contributed by atoms with Crippen molar-refractivity contribution in [3.05, 3.63) is 30.0 Å². The van der Waals surface area contributed by atoms with Gasteiger partial charge in [0.05, 0.1) is 30.7 Å². The Morgan fingerprint density at radius 1 is 1.19 bits per heavy atom. The number of nitrogens with one attached hydrogen (secondary N) is 1. The molecule has 3 heterocycles. The predicted molar refractivity (Wildman–Crippen MR) is 135 cm³/mol. The summed E-state index contributed by atoms with van der Waals surface area (Å²) in [5.41, 5.74) is -0.320. The Hall–Kier alpha value is -3.14. The van der Waals surface area contributed by atoms with Gasteiger partial charge >= 0.3 is 6.09 Å². The van der Waals surface area contributed by atoms with E-state index < -0.39 is 23.1 Å². The zero-order valence-electron chi connectivity index (χ0n) is 21.8. The van der Waals surface area contributed by atoms with Gasteiger partial charge in [0, 0.05) is 37.1 Å². The maximum absolute atomic E-state index is 13.4. The molecule has 0 unspecified atom stereocenters. The molecule has 0 spiro atoms. The van der Waals surface area contributed by atoms with Crippen molar-refractivity contribution in [3.63, 3.8) is 0 Å². The second kappa shape index (κ2) is 9.72. The van der Waals surface area contributed by atoms with Crippen molar-refractivity contribution in [3.8, 4) is 0 Å².